The van der Waals surface area contributed by atoms with Gasteiger partial charge in [0.15, 0.2) is 5.76 Å². The Bertz CT molecular complexity index is 1060. The van der Waals surface area contributed by atoms with E-state index in [1.54, 1.807) is 44.6 Å². The van der Waals surface area contributed by atoms with Crippen LogP contribution in [0.5, 0.6) is 23.0 Å². The topological polar surface area (TPSA) is 68.2 Å². The van der Waals surface area contributed by atoms with Gasteiger partial charge in [-0.2, -0.15) is 0 Å². The lowest BCUT2D eigenvalue weighted by Gasteiger charge is -2.35. The van der Waals surface area contributed by atoms with Gasteiger partial charge in [-0.1, -0.05) is 13.8 Å². The van der Waals surface area contributed by atoms with Crippen molar-refractivity contribution >= 4 is 11.9 Å². The van der Waals surface area contributed by atoms with Crippen molar-refractivity contribution in [2.24, 2.45) is 11.8 Å². The van der Waals surface area contributed by atoms with Gasteiger partial charge in [0.2, 0.25) is 5.78 Å². The zero-order valence-electron chi connectivity index (χ0n) is 19.4. The molecule has 2 atom stereocenters. The van der Waals surface area contributed by atoms with Gasteiger partial charge in [0.05, 0.1) is 25.3 Å². The summed E-state index contributed by atoms with van der Waals surface area (Å²) in [6.45, 7) is 8.80. The molecule has 0 bridgehead atoms. The van der Waals surface area contributed by atoms with Crippen LogP contribution in [0.3, 0.4) is 0 Å². The Morgan fingerprint density at radius 2 is 1.88 bits per heavy atom. The average molecular weight is 438 g/mol. The fourth-order valence-electron chi connectivity index (χ4n) is 4.97. The Morgan fingerprint density at radius 3 is 2.53 bits per heavy atom. The molecule has 6 heteroatoms. The van der Waals surface area contributed by atoms with E-state index in [2.05, 4.69) is 18.7 Å². The van der Waals surface area contributed by atoms with Crippen molar-refractivity contribution in [3.63, 3.8) is 0 Å². The molecule has 2 aromatic carbocycles. The molecule has 4 rings (SSSR count). The van der Waals surface area contributed by atoms with E-state index in [0.29, 0.717) is 57.9 Å². The van der Waals surface area contributed by atoms with Crippen LogP contribution in [0, 0.1) is 18.8 Å². The van der Waals surface area contributed by atoms with Gasteiger partial charge in [0.25, 0.3) is 0 Å². The van der Waals surface area contributed by atoms with Crippen LogP contribution in [0.25, 0.3) is 6.08 Å². The van der Waals surface area contributed by atoms with Gasteiger partial charge in [0, 0.05) is 25.2 Å². The first-order chi connectivity index (χ1) is 15.3. The zero-order chi connectivity index (χ0) is 23.0. The van der Waals surface area contributed by atoms with Crippen molar-refractivity contribution in [3.05, 3.63) is 52.3 Å². The molecule has 1 N–H and O–H groups in total. The van der Waals surface area contributed by atoms with E-state index in [-0.39, 0.29) is 17.3 Å². The Kier molecular flexibility index (Phi) is 6.15. The minimum absolute atomic E-state index is 0.167. The molecule has 0 amide bonds. The lowest BCUT2D eigenvalue weighted by molar-refractivity contribution is 0.101. The molecule has 170 valence electrons. The van der Waals surface area contributed by atoms with E-state index >= 15 is 0 Å². The molecule has 2 aliphatic heterocycles. The van der Waals surface area contributed by atoms with E-state index in [1.165, 1.54) is 6.42 Å². The predicted octanol–water partition coefficient (Wildman–Crippen LogP) is 4.81. The summed E-state index contributed by atoms with van der Waals surface area (Å²) in [5.41, 5.74) is 2.57. The lowest BCUT2D eigenvalue weighted by Crippen LogP contribution is -2.38. The quantitative estimate of drug-likeness (QED) is 0.677. The first-order valence-electron chi connectivity index (χ1n) is 11.0. The number of Topliss-reactive ketones (excluding diaryl/α,β-unsaturated/α-hetero) is 1. The SMILES string of the molecule is COc1ccc(OC)c(/C=C2/Oc3c(CN4CC(C)CC(C)C4)c(O)cc(C)c3C2=O)c1. The van der Waals surface area contributed by atoms with E-state index in [0.717, 1.165) is 13.1 Å². The Balaban J connectivity index is 1.71. The summed E-state index contributed by atoms with van der Waals surface area (Å²) in [5, 5.41) is 10.8. The van der Waals surface area contributed by atoms with Crippen LogP contribution in [0.2, 0.25) is 0 Å². The number of hydrogen-bond donors (Lipinski definition) is 1. The number of phenols is 1. The number of benzene rings is 2. The number of methoxy groups -OCH3 is 2. The highest BCUT2D eigenvalue weighted by molar-refractivity contribution is 6.16. The van der Waals surface area contributed by atoms with Crippen LogP contribution >= 0.6 is 0 Å². The van der Waals surface area contributed by atoms with Crippen molar-refractivity contribution in [3.8, 4) is 23.0 Å². The summed E-state index contributed by atoms with van der Waals surface area (Å²) < 4.78 is 16.9. The van der Waals surface area contributed by atoms with Crippen molar-refractivity contribution in [2.75, 3.05) is 27.3 Å². The van der Waals surface area contributed by atoms with Crippen molar-refractivity contribution < 1.29 is 24.1 Å². The summed E-state index contributed by atoms with van der Waals surface area (Å²) in [6, 6.07) is 7.06. The minimum atomic E-state index is -0.191. The minimum Gasteiger partial charge on any atom is -0.507 e. The molecule has 2 aromatic rings. The number of carbonyl (C=O) groups is 1. The Hall–Kier alpha value is -2.99. The number of carbonyl (C=O) groups excluding carboxylic acids is 1. The van der Waals surface area contributed by atoms with Gasteiger partial charge in [-0.3, -0.25) is 9.69 Å². The number of phenolic OH excluding ortho intramolecular Hbond substituents is 1. The maximum Gasteiger partial charge on any atom is 0.232 e. The molecule has 1 fully saturated rings. The second-order valence-electron chi connectivity index (χ2n) is 9.08. The molecule has 6 nitrogen and oxygen atoms in total. The number of allylic oxidation sites excluding steroid dienone is 1. The maximum atomic E-state index is 13.3. The van der Waals surface area contributed by atoms with E-state index in [9.17, 15) is 9.90 Å². The van der Waals surface area contributed by atoms with Crippen LogP contribution in [0.4, 0.5) is 0 Å². The molecule has 32 heavy (non-hydrogen) atoms. The number of ether oxygens (including phenoxy) is 3. The summed E-state index contributed by atoms with van der Waals surface area (Å²) in [6.07, 6.45) is 2.88. The smallest absolute Gasteiger partial charge is 0.232 e. The predicted molar refractivity (Wildman–Crippen MR) is 124 cm³/mol. The summed E-state index contributed by atoms with van der Waals surface area (Å²) in [7, 11) is 3.17. The van der Waals surface area contributed by atoms with Crippen LogP contribution in [0.1, 0.15) is 47.3 Å². The molecule has 0 radical (unpaired) electrons. The highest BCUT2D eigenvalue weighted by Crippen LogP contribution is 2.43. The number of piperidine rings is 1. The summed E-state index contributed by atoms with van der Waals surface area (Å²) in [5.74, 6) is 3.11. The van der Waals surface area contributed by atoms with Crippen LogP contribution in [-0.2, 0) is 6.54 Å². The standard InChI is InChI=1S/C26H31NO5/c1-15-8-16(2)13-27(12-15)14-20-21(28)9-17(3)24-25(29)23(32-26(20)24)11-18-10-19(30-4)6-7-22(18)31-5/h6-7,9-11,15-16,28H,8,12-14H2,1-5H3/b23-11+. The molecule has 0 spiro atoms. The molecule has 2 unspecified atom stereocenters. The number of fused-ring (bicyclic) bond motifs is 1. The van der Waals surface area contributed by atoms with E-state index in [4.69, 9.17) is 14.2 Å². The van der Waals surface area contributed by atoms with E-state index < -0.39 is 0 Å². The highest BCUT2D eigenvalue weighted by Gasteiger charge is 2.34. The lowest BCUT2D eigenvalue weighted by atomic mass is 9.91. The average Bonchev–Trinajstić information content (AvgIpc) is 3.06. The van der Waals surface area contributed by atoms with Gasteiger partial charge in [0.1, 0.15) is 23.0 Å². The number of aromatic hydroxyl groups is 1. The first kappa shape index (κ1) is 22.2. The van der Waals surface area contributed by atoms with Gasteiger partial charge in [-0.05, 0) is 61.1 Å². The fraction of sp³-hybridized carbons (Fsp3) is 0.423. The fourth-order valence-corrected chi connectivity index (χ4v) is 4.97. The molecule has 0 aromatic heterocycles. The maximum absolute atomic E-state index is 13.3. The molecule has 2 aliphatic rings. The number of ketones is 1. The molecule has 1 saturated heterocycles. The number of aryl methyl sites for hydroxylation is 1. The normalized spacial score (nSPS) is 22.0. The van der Waals surface area contributed by atoms with Gasteiger partial charge < -0.3 is 19.3 Å². The zero-order valence-corrected chi connectivity index (χ0v) is 19.4. The third-order valence-corrected chi connectivity index (χ3v) is 6.27. The second-order valence-corrected chi connectivity index (χ2v) is 9.08. The molecule has 0 saturated carbocycles. The van der Waals surface area contributed by atoms with Crippen molar-refractivity contribution in [2.45, 2.75) is 33.7 Å². The molecular weight excluding hydrogens is 406 g/mol. The Morgan fingerprint density at radius 1 is 1.16 bits per heavy atom. The monoisotopic (exact) mass is 437 g/mol. The number of likely N-dealkylation sites (tertiary alicyclic amines) is 1. The van der Waals surface area contributed by atoms with Crippen molar-refractivity contribution in [1.29, 1.82) is 0 Å². The highest BCUT2D eigenvalue weighted by atomic mass is 16.5. The van der Waals surface area contributed by atoms with Gasteiger partial charge in [-0.25, -0.2) is 0 Å². The first-order valence-corrected chi connectivity index (χ1v) is 11.0. The van der Waals surface area contributed by atoms with Crippen LogP contribution in [0.15, 0.2) is 30.0 Å². The summed E-state index contributed by atoms with van der Waals surface area (Å²) in [4.78, 5) is 15.6. The Labute approximate surface area is 189 Å². The number of nitrogens with zero attached hydrogens (tertiary/aromatic N) is 1. The molecule has 0 aliphatic carbocycles. The van der Waals surface area contributed by atoms with Gasteiger partial charge >= 0.3 is 0 Å². The molecule has 2 heterocycles. The third kappa shape index (κ3) is 4.19. The van der Waals surface area contributed by atoms with Crippen LogP contribution in [-0.4, -0.2) is 43.1 Å². The second kappa shape index (κ2) is 8.87. The number of rotatable bonds is 5. The van der Waals surface area contributed by atoms with Crippen molar-refractivity contribution in [1.82, 2.24) is 4.90 Å². The van der Waals surface area contributed by atoms with Gasteiger partial charge in [-0.15, -0.1) is 0 Å². The van der Waals surface area contributed by atoms with E-state index in [1.807, 2.05) is 6.92 Å². The number of hydrogen-bond acceptors (Lipinski definition) is 6. The summed E-state index contributed by atoms with van der Waals surface area (Å²) >= 11 is 0. The third-order valence-electron chi connectivity index (χ3n) is 6.27. The van der Waals surface area contributed by atoms with Crippen LogP contribution < -0.4 is 14.2 Å². The molecular formula is C26H31NO5. The largest absolute Gasteiger partial charge is 0.507 e.